The molecule has 1 amide bonds. The zero-order chi connectivity index (χ0) is 19.7. The molecule has 1 fully saturated rings. The van der Waals surface area contributed by atoms with Gasteiger partial charge in [-0.15, -0.1) is 0 Å². The summed E-state index contributed by atoms with van der Waals surface area (Å²) < 4.78 is 28.2. The Labute approximate surface area is 155 Å². The summed E-state index contributed by atoms with van der Waals surface area (Å²) in [6.07, 6.45) is 3.41. The van der Waals surface area contributed by atoms with E-state index in [0.29, 0.717) is 5.92 Å². The summed E-state index contributed by atoms with van der Waals surface area (Å²) in [5.41, 5.74) is 11.7. The van der Waals surface area contributed by atoms with Crippen LogP contribution >= 0.6 is 0 Å². The lowest BCUT2D eigenvalue weighted by Gasteiger charge is -2.23. The van der Waals surface area contributed by atoms with E-state index in [1.807, 2.05) is 6.92 Å². The van der Waals surface area contributed by atoms with Gasteiger partial charge in [0.25, 0.3) is 5.91 Å². The van der Waals surface area contributed by atoms with Crippen LogP contribution in [-0.2, 0) is 0 Å². The molecule has 27 heavy (non-hydrogen) atoms. The maximum atomic E-state index is 14.5. The molecule has 6 N–H and O–H groups in total. The number of nitrogens with one attached hydrogen (secondary N) is 2. The van der Waals surface area contributed by atoms with Gasteiger partial charge >= 0.3 is 0 Å². The standard InChI is InChI=1S/C18H22F2N6O/c1-8(21)15(10-3-4-10)25-18-14(20)6-12(16(22)27)17(26-18)24-11-5-13(19)9(2)23-7-11/h5-8,10,15H,3-4,21H2,1-2H3,(H2,22,27)(H2,24,25,26)/t8-,15-/m0/s1. The molecule has 0 saturated heterocycles. The summed E-state index contributed by atoms with van der Waals surface area (Å²) in [6, 6.07) is 1.86. The maximum absolute atomic E-state index is 14.5. The van der Waals surface area contributed by atoms with Gasteiger partial charge in [0.2, 0.25) is 0 Å². The van der Waals surface area contributed by atoms with Crippen molar-refractivity contribution in [1.82, 2.24) is 9.97 Å². The van der Waals surface area contributed by atoms with Crippen LogP contribution in [0.3, 0.4) is 0 Å². The van der Waals surface area contributed by atoms with E-state index in [0.717, 1.165) is 18.9 Å². The molecule has 0 bridgehead atoms. The number of primary amides is 1. The van der Waals surface area contributed by atoms with Crippen LogP contribution in [-0.4, -0.2) is 28.0 Å². The predicted molar refractivity (Wildman–Crippen MR) is 98.7 cm³/mol. The highest BCUT2D eigenvalue weighted by Crippen LogP contribution is 2.36. The van der Waals surface area contributed by atoms with Crippen molar-refractivity contribution in [3.05, 3.63) is 41.2 Å². The van der Waals surface area contributed by atoms with E-state index in [-0.39, 0.29) is 40.7 Å². The maximum Gasteiger partial charge on any atom is 0.252 e. The fourth-order valence-electron chi connectivity index (χ4n) is 2.88. The summed E-state index contributed by atoms with van der Waals surface area (Å²) in [5.74, 6) is -1.77. The van der Waals surface area contributed by atoms with Crippen molar-refractivity contribution in [2.24, 2.45) is 17.4 Å². The normalized spacial score (nSPS) is 15.9. The smallest absolute Gasteiger partial charge is 0.252 e. The van der Waals surface area contributed by atoms with Crippen molar-refractivity contribution in [3.8, 4) is 0 Å². The van der Waals surface area contributed by atoms with Gasteiger partial charge in [0.05, 0.1) is 23.1 Å². The molecule has 1 aliphatic rings. The molecule has 2 atom stereocenters. The van der Waals surface area contributed by atoms with Crippen LogP contribution in [0.25, 0.3) is 0 Å². The molecule has 144 valence electrons. The molecule has 0 aromatic carbocycles. The molecule has 9 heteroatoms. The number of nitrogens with two attached hydrogens (primary N) is 2. The number of halogens is 2. The first-order valence-electron chi connectivity index (χ1n) is 8.68. The molecule has 0 unspecified atom stereocenters. The molecule has 2 heterocycles. The van der Waals surface area contributed by atoms with Crippen molar-refractivity contribution >= 4 is 23.2 Å². The third kappa shape index (κ3) is 4.30. The topological polar surface area (TPSA) is 119 Å². The summed E-state index contributed by atoms with van der Waals surface area (Å²) >= 11 is 0. The fraction of sp³-hybridized carbons (Fsp3) is 0.389. The van der Waals surface area contributed by atoms with E-state index in [1.54, 1.807) is 0 Å². The third-order valence-electron chi connectivity index (χ3n) is 4.53. The van der Waals surface area contributed by atoms with Crippen molar-refractivity contribution in [1.29, 1.82) is 0 Å². The third-order valence-corrected chi connectivity index (χ3v) is 4.53. The number of rotatable bonds is 7. The summed E-state index contributed by atoms with van der Waals surface area (Å²) in [5, 5.41) is 5.81. The lowest BCUT2D eigenvalue weighted by molar-refractivity contribution is 0.100. The molecular weight excluding hydrogens is 354 g/mol. The minimum absolute atomic E-state index is 0.00988. The van der Waals surface area contributed by atoms with E-state index in [4.69, 9.17) is 11.5 Å². The lowest BCUT2D eigenvalue weighted by Crippen LogP contribution is -2.40. The number of nitrogens with zero attached hydrogens (tertiary/aromatic N) is 2. The van der Waals surface area contributed by atoms with Crippen LogP contribution in [0, 0.1) is 24.5 Å². The Kier molecular flexibility index (Phi) is 5.22. The number of carbonyl (C=O) groups is 1. The number of carbonyl (C=O) groups excluding carboxylic acids is 1. The van der Waals surface area contributed by atoms with Crippen LogP contribution in [0.2, 0.25) is 0 Å². The quantitative estimate of drug-likeness (QED) is 0.589. The number of hydrogen-bond acceptors (Lipinski definition) is 6. The van der Waals surface area contributed by atoms with E-state index in [1.165, 1.54) is 19.2 Å². The molecule has 7 nitrogen and oxygen atoms in total. The summed E-state index contributed by atoms with van der Waals surface area (Å²) in [6.45, 7) is 3.36. The number of aromatic nitrogens is 2. The van der Waals surface area contributed by atoms with Gasteiger partial charge in [-0.2, -0.15) is 0 Å². The zero-order valence-electron chi connectivity index (χ0n) is 15.1. The minimum Gasteiger partial charge on any atom is -0.365 e. The second kappa shape index (κ2) is 7.43. The van der Waals surface area contributed by atoms with Gasteiger partial charge in [-0.3, -0.25) is 9.78 Å². The van der Waals surface area contributed by atoms with E-state index < -0.39 is 17.5 Å². The van der Waals surface area contributed by atoms with Crippen molar-refractivity contribution in [2.45, 2.75) is 38.8 Å². The number of aryl methyl sites for hydroxylation is 1. The second-order valence-electron chi connectivity index (χ2n) is 6.86. The number of pyridine rings is 2. The first-order valence-corrected chi connectivity index (χ1v) is 8.68. The van der Waals surface area contributed by atoms with Gasteiger partial charge in [-0.05, 0) is 38.7 Å². The first kappa shape index (κ1) is 19.0. The molecule has 0 radical (unpaired) electrons. The second-order valence-corrected chi connectivity index (χ2v) is 6.86. The van der Waals surface area contributed by atoms with Crippen LogP contribution in [0.1, 0.15) is 35.8 Å². The molecule has 3 rings (SSSR count). The van der Waals surface area contributed by atoms with Crippen LogP contribution in [0.5, 0.6) is 0 Å². The highest BCUT2D eigenvalue weighted by molar-refractivity contribution is 5.98. The molecule has 2 aromatic rings. The Morgan fingerprint density at radius 1 is 1.26 bits per heavy atom. The summed E-state index contributed by atoms with van der Waals surface area (Å²) in [7, 11) is 0. The van der Waals surface area contributed by atoms with E-state index in [9.17, 15) is 13.6 Å². The molecule has 1 aliphatic carbocycles. The largest absolute Gasteiger partial charge is 0.365 e. The van der Waals surface area contributed by atoms with Gasteiger partial charge in [-0.25, -0.2) is 13.8 Å². The number of anilines is 3. The predicted octanol–water partition coefficient (Wildman–Crippen LogP) is 2.44. The summed E-state index contributed by atoms with van der Waals surface area (Å²) in [4.78, 5) is 19.8. The van der Waals surface area contributed by atoms with Crippen LogP contribution in [0.4, 0.5) is 26.1 Å². The van der Waals surface area contributed by atoms with Crippen molar-refractivity contribution < 1.29 is 13.6 Å². The fourth-order valence-corrected chi connectivity index (χ4v) is 2.88. The van der Waals surface area contributed by atoms with Gasteiger partial charge in [-0.1, -0.05) is 0 Å². The zero-order valence-corrected chi connectivity index (χ0v) is 15.1. The van der Waals surface area contributed by atoms with E-state index in [2.05, 4.69) is 20.6 Å². The number of hydrogen-bond donors (Lipinski definition) is 4. The molecule has 1 saturated carbocycles. The van der Waals surface area contributed by atoms with E-state index >= 15 is 0 Å². The molecule has 2 aromatic heterocycles. The van der Waals surface area contributed by atoms with Gasteiger partial charge in [0.1, 0.15) is 11.6 Å². The Bertz CT molecular complexity index is 867. The highest BCUT2D eigenvalue weighted by Gasteiger charge is 2.34. The molecule has 0 spiro atoms. The minimum atomic E-state index is -0.859. The Morgan fingerprint density at radius 3 is 2.52 bits per heavy atom. The monoisotopic (exact) mass is 376 g/mol. The SMILES string of the molecule is Cc1ncc(Nc2nc(N[C@H](C3CC3)[C@H](C)N)c(F)cc2C(N)=O)cc1F. The van der Waals surface area contributed by atoms with Gasteiger partial charge < -0.3 is 22.1 Å². The first-order chi connectivity index (χ1) is 12.8. The number of amides is 1. The van der Waals surface area contributed by atoms with Crippen molar-refractivity contribution in [2.75, 3.05) is 10.6 Å². The average molecular weight is 376 g/mol. The van der Waals surface area contributed by atoms with Crippen LogP contribution < -0.4 is 22.1 Å². The molecule has 0 aliphatic heterocycles. The van der Waals surface area contributed by atoms with Crippen molar-refractivity contribution in [3.63, 3.8) is 0 Å². The average Bonchev–Trinajstić information content (AvgIpc) is 3.42. The highest BCUT2D eigenvalue weighted by atomic mass is 19.1. The lowest BCUT2D eigenvalue weighted by atomic mass is 10.1. The van der Waals surface area contributed by atoms with Gasteiger partial charge in [0, 0.05) is 18.2 Å². The van der Waals surface area contributed by atoms with Gasteiger partial charge in [0.15, 0.2) is 11.6 Å². The molecular formula is C18H22F2N6O. The van der Waals surface area contributed by atoms with Crippen LogP contribution in [0.15, 0.2) is 18.3 Å². The Hall–Kier alpha value is -2.81. The Morgan fingerprint density at radius 2 is 1.96 bits per heavy atom. The Balaban J connectivity index is 1.95.